The second-order valence-corrected chi connectivity index (χ2v) is 5.32. The summed E-state index contributed by atoms with van der Waals surface area (Å²) in [5.41, 5.74) is 0. The molecule has 1 aliphatic rings. The normalized spacial score (nSPS) is 21.9. The van der Waals surface area contributed by atoms with Crippen LogP contribution in [0.3, 0.4) is 0 Å². The fourth-order valence-electron chi connectivity index (χ4n) is 2.25. The van der Waals surface area contributed by atoms with Crippen LogP contribution in [0.25, 0.3) is 0 Å². The summed E-state index contributed by atoms with van der Waals surface area (Å²) in [5, 5.41) is 0.855. The monoisotopic (exact) mass is 220 g/mol. The Balaban J connectivity index is 2.15. The molecule has 2 nitrogen and oxygen atoms in total. The lowest BCUT2D eigenvalue weighted by molar-refractivity contribution is 0.414. The van der Waals surface area contributed by atoms with Gasteiger partial charge in [0.25, 0.3) is 0 Å². The lowest BCUT2D eigenvalue weighted by Gasteiger charge is -2.29. The summed E-state index contributed by atoms with van der Waals surface area (Å²) < 4.78 is 4.24. The predicted octanol–water partition coefficient (Wildman–Crippen LogP) is 2.95. The SMILES string of the molecule is [B]C1(c2nc(C)ns2)CCCCCCC1. The zero-order valence-electron chi connectivity index (χ0n) is 9.33. The highest BCUT2D eigenvalue weighted by Gasteiger charge is 2.29. The van der Waals surface area contributed by atoms with Crippen molar-refractivity contribution in [2.75, 3.05) is 0 Å². The lowest BCUT2D eigenvalue weighted by atomic mass is 9.62. The Morgan fingerprint density at radius 3 is 2.27 bits per heavy atom. The molecule has 15 heavy (non-hydrogen) atoms. The van der Waals surface area contributed by atoms with E-state index in [2.05, 4.69) is 9.36 Å². The van der Waals surface area contributed by atoms with Crippen LogP contribution in [0.5, 0.6) is 0 Å². The van der Waals surface area contributed by atoms with Gasteiger partial charge >= 0.3 is 0 Å². The van der Waals surface area contributed by atoms with E-state index in [1.54, 1.807) is 0 Å². The quantitative estimate of drug-likeness (QED) is 0.680. The standard InChI is InChI=1S/C11H17BN2S/c1-9-13-10(15-14-9)11(12)7-5-3-2-4-6-8-11/h2-8H2,1H3. The number of hydrogen-bond acceptors (Lipinski definition) is 3. The zero-order chi connectivity index (χ0) is 10.7. The van der Waals surface area contributed by atoms with Crippen molar-refractivity contribution in [2.45, 2.75) is 57.2 Å². The van der Waals surface area contributed by atoms with E-state index in [1.807, 2.05) is 6.92 Å². The molecular weight excluding hydrogens is 203 g/mol. The summed E-state index contributed by atoms with van der Waals surface area (Å²) in [4.78, 5) is 4.46. The molecular formula is C11H17BN2S. The molecule has 0 unspecified atom stereocenters. The van der Waals surface area contributed by atoms with E-state index in [-0.39, 0.29) is 5.31 Å². The van der Waals surface area contributed by atoms with E-state index >= 15 is 0 Å². The van der Waals surface area contributed by atoms with Gasteiger partial charge in [-0.3, -0.25) is 0 Å². The number of rotatable bonds is 1. The van der Waals surface area contributed by atoms with Gasteiger partial charge in [0.1, 0.15) is 10.8 Å². The van der Waals surface area contributed by atoms with Gasteiger partial charge in [-0.1, -0.05) is 32.1 Å². The molecule has 1 aromatic heterocycles. The predicted molar refractivity (Wildman–Crippen MR) is 64.4 cm³/mol. The summed E-state index contributed by atoms with van der Waals surface area (Å²) >= 11 is 1.48. The molecule has 4 heteroatoms. The van der Waals surface area contributed by atoms with E-state index < -0.39 is 0 Å². The van der Waals surface area contributed by atoms with E-state index in [0.717, 1.165) is 23.7 Å². The maximum atomic E-state index is 6.47. The number of aromatic nitrogens is 2. The third-order valence-electron chi connectivity index (χ3n) is 3.20. The third kappa shape index (κ3) is 2.60. The van der Waals surface area contributed by atoms with E-state index in [0.29, 0.717) is 0 Å². The Hall–Kier alpha value is -0.375. The molecule has 1 fully saturated rings. The summed E-state index contributed by atoms with van der Waals surface area (Å²) in [6.45, 7) is 1.94. The Labute approximate surface area is 97.1 Å². The molecule has 80 valence electrons. The number of nitrogens with zero attached hydrogens (tertiary/aromatic N) is 2. The summed E-state index contributed by atoms with van der Waals surface area (Å²) in [7, 11) is 6.47. The van der Waals surface area contributed by atoms with Gasteiger partial charge in [0.05, 0.1) is 7.85 Å². The molecule has 1 aromatic rings. The first-order valence-corrected chi connectivity index (χ1v) is 6.58. The second kappa shape index (κ2) is 4.64. The van der Waals surface area contributed by atoms with Gasteiger partial charge in [0, 0.05) is 0 Å². The van der Waals surface area contributed by atoms with Crippen molar-refractivity contribution in [1.82, 2.24) is 9.36 Å². The highest BCUT2D eigenvalue weighted by Crippen LogP contribution is 2.35. The topological polar surface area (TPSA) is 25.8 Å². The first-order chi connectivity index (χ1) is 7.21. The van der Waals surface area contributed by atoms with Crippen LogP contribution >= 0.6 is 11.5 Å². The fraction of sp³-hybridized carbons (Fsp3) is 0.818. The van der Waals surface area contributed by atoms with Crippen molar-refractivity contribution >= 4 is 19.4 Å². The highest BCUT2D eigenvalue weighted by molar-refractivity contribution is 7.05. The fourth-order valence-corrected chi connectivity index (χ4v) is 3.07. The van der Waals surface area contributed by atoms with Gasteiger partial charge in [-0.2, -0.15) is 4.37 Å². The van der Waals surface area contributed by atoms with Gasteiger partial charge in [-0.15, -0.1) is 0 Å². The minimum atomic E-state index is -0.188. The summed E-state index contributed by atoms with van der Waals surface area (Å²) in [6, 6.07) is 0. The molecule has 1 saturated carbocycles. The smallest absolute Gasteiger partial charge is 0.139 e. The van der Waals surface area contributed by atoms with E-state index in [4.69, 9.17) is 7.85 Å². The van der Waals surface area contributed by atoms with Crippen LogP contribution in [0.1, 0.15) is 55.8 Å². The average molecular weight is 220 g/mol. The molecule has 2 radical (unpaired) electrons. The summed E-state index contributed by atoms with van der Waals surface area (Å²) in [5.74, 6) is 0.863. The molecule has 0 atom stereocenters. The van der Waals surface area contributed by atoms with E-state index in [1.165, 1.54) is 43.6 Å². The van der Waals surface area contributed by atoms with Gasteiger partial charge in [0.2, 0.25) is 0 Å². The van der Waals surface area contributed by atoms with Crippen molar-refractivity contribution in [1.29, 1.82) is 0 Å². The molecule has 2 rings (SSSR count). The lowest BCUT2D eigenvalue weighted by Crippen LogP contribution is -2.27. The zero-order valence-corrected chi connectivity index (χ0v) is 10.1. The molecule has 1 heterocycles. The Bertz CT molecular complexity index is 316. The van der Waals surface area contributed by atoms with Crippen LogP contribution < -0.4 is 0 Å². The molecule has 1 aliphatic carbocycles. The van der Waals surface area contributed by atoms with Crippen molar-refractivity contribution in [3.05, 3.63) is 10.8 Å². The van der Waals surface area contributed by atoms with Crippen molar-refractivity contribution in [3.63, 3.8) is 0 Å². The van der Waals surface area contributed by atoms with Gasteiger partial charge < -0.3 is 0 Å². The second-order valence-electron chi connectivity index (χ2n) is 4.57. The first-order valence-electron chi connectivity index (χ1n) is 5.80. The third-order valence-corrected chi connectivity index (χ3v) is 4.23. The molecule has 0 aromatic carbocycles. The Kier molecular flexibility index (Phi) is 3.44. The molecule has 0 saturated heterocycles. The van der Waals surface area contributed by atoms with Crippen molar-refractivity contribution in [3.8, 4) is 0 Å². The van der Waals surface area contributed by atoms with Gasteiger partial charge in [-0.25, -0.2) is 4.98 Å². The van der Waals surface area contributed by atoms with Gasteiger partial charge in [-0.05, 0) is 36.6 Å². The van der Waals surface area contributed by atoms with Crippen LogP contribution in [0.15, 0.2) is 0 Å². The molecule has 0 N–H and O–H groups in total. The van der Waals surface area contributed by atoms with Crippen LogP contribution in [-0.2, 0) is 5.31 Å². The molecule has 0 amide bonds. The van der Waals surface area contributed by atoms with Crippen LogP contribution in [0.4, 0.5) is 0 Å². The minimum absolute atomic E-state index is 0.188. The first kappa shape index (κ1) is 11.1. The molecule has 0 bridgehead atoms. The Morgan fingerprint density at radius 2 is 1.73 bits per heavy atom. The van der Waals surface area contributed by atoms with Crippen LogP contribution in [-0.4, -0.2) is 17.2 Å². The number of hydrogen-bond donors (Lipinski definition) is 0. The maximum Gasteiger partial charge on any atom is 0.139 e. The van der Waals surface area contributed by atoms with Crippen molar-refractivity contribution in [2.24, 2.45) is 0 Å². The number of aryl methyl sites for hydroxylation is 1. The molecule has 0 spiro atoms. The minimum Gasteiger partial charge on any atom is -0.225 e. The maximum absolute atomic E-state index is 6.47. The largest absolute Gasteiger partial charge is 0.225 e. The summed E-state index contributed by atoms with van der Waals surface area (Å²) in [6.07, 6.45) is 8.60. The van der Waals surface area contributed by atoms with Crippen LogP contribution in [0, 0.1) is 6.92 Å². The van der Waals surface area contributed by atoms with Gasteiger partial charge in [0.15, 0.2) is 0 Å². The van der Waals surface area contributed by atoms with E-state index in [9.17, 15) is 0 Å². The van der Waals surface area contributed by atoms with Crippen LogP contribution in [0.2, 0.25) is 0 Å². The Morgan fingerprint density at radius 1 is 1.13 bits per heavy atom. The molecule has 0 aliphatic heterocycles. The average Bonchev–Trinajstić information content (AvgIpc) is 2.59. The highest BCUT2D eigenvalue weighted by atomic mass is 32.1. The van der Waals surface area contributed by atoms with Crippen molar-refractivity contribution < 1.29 is 0 Å².